The zero-order valence-corrected chi connectivity index (χ0v) is 18.9. The second-order valence-corrected chi connectivity index (χ2v) is 9.36. The molecule has 2 heterocycles. The fourth-order valence-corrected chi connectivity index (χ4v) is 4.82. The van der Waals surface area contributed by atoms with E-state index in [1.807, 2.05) is 12.1 Å². The molecule has 0 spiro atoms. The second kappa shape index (κ2) is 8.73. The Balaban J connectivity index is 1.32. The standard InChI is InChI=1S/C22H22BrN3O3S/c1-14-18(6-9-29-14)20(28)26-21-25-17(12-30-21)11-19(27)24-13-22(7-3-8-22)15-4-2-5-16(23)10-15/h2,4-6,9-10,12H,3,7-8,11,13H2,1H3,(H,24,27)(H,25,26,28). The lowest BCUT2D eigenvalue weighted by Gasteiger charge is -2.42. The maximum Gasteiger partial charge on any atom is 0.260 e. The Morgan fingerprint density at radius 2 is 2.13 bits per heavy atom. The monoisotopic (exact) mass is 487 g/mol. The van der Waals surface area contributed by atoms with E-state index < -0.39 is 0 Å². The molecule has 156 valence electrons. The molecule has 1 fully saturated rings. The maximum absolute atomic E-state index is 12.5. The van der Waals surface area contributed by atoms with Crippen molar-refractivity contribution in [2.24, 2.45) is 0 Å². The number of hydrogen-bond acceptors (Lipinski definition) is 5. The Morgan fingerprint density at radius 1 is 1.30 bits per heavy atom. The number of amides is 2. The molecule has 1 aliphatic rings. The third kappa shape index (κ3) is 4.49. The minimum atomic E-state index is -0.271. The Hall–Kier alpha value is -2.45. The normalized spacial score (nSPS) is 14.7. The number of thiazole rings is 1. The third-order valence-electron chi connectivity index (χ3n) is 5.59. The number of nitrogens with one attached hydrogen (secondary N) is 2. The SMILES string of the molecule is Cc1occc1C(=O)Nc1nc(CC(=O)NCC2(c3cccc(Br)c3)CCC2)cs1. The summed E-state index contributed by atoms with van der Waals surface area (Å²) in [4.78, 5) is 29.1. The maximum atomic E-state index is 12.5. The molecule has 2 amide bonds. The average molecular weight is 488 g/mol. The van der Waals surface area contributed by atoms with Crippen LogP contribution < -0.4 is 10.6 Å². The van der Waals surface area contributed by atoms with Crippen LogP contribution in [0.25, 0.3) is 0 Å². The van der Waals surface area contributed by atoms with Crippen molar-refractivity contribution in [3.8, 4) is 0 Å². The van der Waals surface area contributed by atoms with Gasteiger partial charge < -0.3 is 9.73 Å². The molecule has 3 aromatic rings. The highest BCUT2D eigenvalue weighted by Crippen LogP contribution is 2.43. The molecule has 0 radical (unpaired) electrons. The summed E-state index contributed by atoms with van der Waals surface area (Å²) in [7, 11) is 0. The Morgan fingerprint density at radius 3 is 2.80 bits per heavy atom. The van der Waals surface area contributed by atoms with Crippen LogP contribution in [0.2, 0.25) is 0 Å². The highest BCUT2D eigenvalue weighted by molar-refractivity contribution is 9.10. The molecular formula is C22H22BrN3O3S. The number of aryl methyl sites for hydroxylation is 1. The van der Waals surface area contributed by atoms with Gasteiger partial charge in [0.1, 0.15) is 5.76 Å². The first kappa shape index (κ1) is 20.8. The summed E-state index contributed by atoms with van der Waals surface area (Å²) < 4.78 is 6.21. The molecule has 8 heteroatoms. The van der Waals surface area contributed by atoms with E-state index >= 15 is 0 Å². The number of halogens is 1. The van der Waals surface area contributed by atoms with Crippen LogP contribution >= 0.6 is 27.3 Å². The van der Waals surface area contributed by atoms with Gasteiger partial charge in [-0.2, -0.15) is 0 Å². The van der Waals surface area contributed by atoms with Gasteiger partial charge in [0.25, 0.3) is 5.91 Å². The van der Waals surface area contributed by atoms with E-state index in [0.717, 1.165) is 17.3 Å². The molecule has 2 aromatic heterocycles. The number of aromatic nitrogens is 1. The van der Waals surface area contributed by atoms with Gasteiger partial charge in [-0.05, 0) is 43.5 Å². The molecule has 0 aliphatic heterocycles. The van der Waals surface area contributed by atoms with Crippen LogP contribution in [-0.4, -0.2) is 23.3 Å². The van der Waals surface area contributed by atoms with Crippen LogP contribution in [0.4, 0.5) is 5.13 Å². The first-order valence-corrected chi connectivity index (χ1v) is 11.5. The van der Waals surface area contributed by atoms with Gasteiger partial charge in [-0.3, -0.25) is 14.9 Å². The molecular weight excluding hydrogens is 466 g/mol. The number of carbonyl (C=O) groups excluding carboxylic acids is 2. The molecule has 2 N–H and O–H groups in total. The Bertz CT molecular complexity index is 1070. The van der Waals surface area contributed by atoms with Gasteiger partial charge in [0, 0.05) is 21.8 Å². The molecule has 1 saturated carbocycles. The van der Waals surface area contributed by atoms with Crippen LogP contribution in [-0.2, 0) is 16.6 Å². The molecule has 0 atom stereocenters. The molecule has 1 aliphatic carbocycles. The zero-order chi connectivity index (χ0) is 21.1. The van der Waals surface area contributed by atoms with Crippen LogP contribution in [0.15, 0.2) is 50.9 Å². The Kier molecular flexibility index (Phi) is 6.06. The van der Waals surface area contributed by atoms with Gasteiger partial charge in [0.15, 0.2) is 5.13 Å². The largest absolute Gasteiger partial charge is 0.469 e. The highest BCUT2D eigenvalue weighted by atomic mass is 79.9. The average Bonchev–Trinajstić information content (AvgIpc) is 3.29. The number of furan rings is 1. The van der Waals surface area contributed by atoms with E-state index in [1.54, 1.807) is 18.4 Å². The number of benzene rings is 1. The predicted octanol–water partition coefficient (Wildman–Crippen LogP) is 4.84. The van der Waals surface area contributed by atoms with E-state index in [9.17, 15) is 9.59 Å². The Labute approximate surface area is 187 Å². The van der Waals surface area contributed by atoms with Crippen molar-refractivity contribution < 1.29 is 14.0 Å². The fourth-order valence-electron chi connectivity index (χ4n) is 3.71. The van der Waals surface area contributed by atoms with E-state index in [2.05, 4.69) is 43.7 Å². The van der Waals surface area contributed by atoms with Crippen molar-refractivity contribution in [3.05, 3.63) is 69.0 Å². The summed E-state index contributed by atoms with van der Waals surface area (Å²) in [6.07, 6.45) is 4.98. The number of carbonyl (C=O) groups is 2. The molecule has 0 unspecified atom stereocenters. The van der Waals surface area contributed by atoms with Crippen molar-refractivity contribution in [1.82, 2.24) is 10.3 Å². The number of hydrogen-bond donors (Lipinski definition) is 2. The van der Waals surface area contributed by atoms with Crippen molar-refractivity contribution in [3.63, 3.8) is 0 Å². The van der Waals surface area contributed by atoms with Crippen molar-refractivity contribution in [1.29, 1.82) is 0 Å². The molecule has 6 nitrogen and oxygen atoms in total. The number of nitrogens with zero attached hydrogens (tertiary/aromatic N) is 1. The van der Waals surface area contributed by atoms with E-state index in [0.29, 0.717) is 28.7 Å². The zero-order valence-electron chi connectivity index (χ0n) is 16.5. The van der Waals surface area contributed by atoms with E-state index in [4.69, 9.17) is 4.42 Å². The minimum absolute atomic E-state index is 0.0170. The number of anilines is 1. The van der Waals surface area contributed by atoms with Gasteiger partial charge >= 0.3 is 0 Å². The van der Waals surface area contributed by atoms with Crippen molar-refractivity contribution >= 4 is 44.2 Å². The fraction of sp³-hybridized carbons (Fsp3) is 0.318. The molecule has 30 heavy (non-hydrogen) atoms. The third-order valence-corrected chi connectivity index (χ3v) is 6.89. The van der Waals surface area contributed by atoms with Crippen LogP contribution in [0, 0.1) is 6.92 Å². The van der Waals surface area contributed by atoms with Crippen molar-refractivity contribution in [2.75, 3.05) is 11.9 Å². The second-order valence-electron chi connectivity index (χ2n) is 7.59. The molecule has 4 rings (SSSR count). The quantitative estimate of drug-likeness (QED) is 0.499. The van der Waals surface area contributed by atoms with Gasteiger partial charge in [-0.25, -0.2) is 4.98 Å². The molecule has 0 bridgehead atoms. The van der Waals surface area contributed by atoms with Gasteiger partial charge in [-0.1, -0.05) is 34.5 Å². The summed E-state index contributed by atoms with van der Waals surface area (Å²) in [6, 6.07) is 9.95. The first-order valence-electron chi connectivity index (χ1n) is 9.78. The van der Waals surface area contributed by atoms with E-state index in [-0.39, 0.29) is 23.7 Å². The summed E-state index contributed by atoms with van der Waals surface area (Å²) in [5.41, 5.74) is 2.39. The summed E-state index contributed by atoms with van der Waals surface area (Å²) >= 11 is 4.84. The predicted molar refractivity (Wildman–Crippen MR) is 120 cm³/mol. The van der Waals surface area contributed by atoms with Gasteiger partial charge in [0.2, 0.25) is 5.91 Å². The summed E-state index contributed by atoms with van der Waals surface area (Å²) in [6.45, 7) is 2.35. The van der Waals surface area contributed by atoms with Gasteiger partial charge in [-0.15, -0.1) is 11.3 Å². The van der Waals surface area contributed by atoms with Crippen molar-refractivity contribution in [2.45, 2.75) is 38.0 Å². The lowest BCUT2D eigenvalue weighted by molar-refractivity contribution is -0.120. The lowest BCUT2D eigenvalue weighted by Crippen LogP contribution is -2.46. The number of rotatable bonds is 7. The van der Waals surface area contributed by atoms with Crippen LogP contribution in [0.1, 0.15) is 46.6 Å². The van der Waals surface area contributed by atoms with Crippen LogP contribution in [0.5, 0.6) is 0 Å². The molecule has 1 aromatic carbocycles. The smallest absolute Gasteiger partial charge is 0.260 e. The summed E-state index contributed by atoms with van der Waals surface area (Å²) in [5, 5.41) is 8.10. The first-order chi connectivity index (χ1) is 14.4. The highest BCUT2D eigenvalue weighted by Gasteiger charge is 2.38. The van der Waals surface area contributed by atoms with Gasteiger partial charge in [0.05, 0.1) is 23.9 Å². The summed E-state index contributed by atoms with van der Waals surface area (Å²) in [5.74, 6) is 0.219. The topological polar surface area (TPSA) is 84.2 Å². The minimum Gasteiger partial charge on any atom is -0.469 e. The van der Waals surface area contributed by atoms with Crippen LogP contribution in [0.3, 0.4) is 0 Å². The lowest BCUT2D eigenvalue weighted by atomic mass is 9.64. The van der Waals surface area contributed by atoms with E-state index in [1.165, 1.54) is 29.6 Å². The molecule has 0 saturated heterocycles.